The van der Waals surface area contributed by atoms with Crippen molar-refractivity contribution in [1.29, 1.82) is 0 Å². The minimum Gasteiger partial charge on any atom is -0.465 e. The number of rotatable bonds is 4. The van der Waals surface area contributed by atoms with E-state index in [1.54, 1.807) is 17.6 Å². The second-order valence-electron chi connectivity index (χ2n) is 4.77. The number of fused-ring (bicyclic) bond motifs is 1. The fraction of sp³-hybridized carbons (Fsp3) is 0.429. The molecule has 0 saturated carbocycles. The molecule has 0 bridgehead atoms. The van der Waals surface area contributed by atoms with Crippen molar-refractivity contribution in [2.75, 3.05) is 7.11 Å². The number of aryl methyl sites for hydroxylation is 2. The summed E-state index contributed by atoms with van der Waals surface area (Å²) in [4.78, 5) is 31.1. The Kier molecular flexibility index (Phi) is 4.52. The Hall–Kier alpha value is -2.02. The summed E-state index contributed by atoms with van der Waals surface area (Å²) in [6.07, 6.45) is 1.89. The number of carbonyl (C=O) groups excluding carboxylic acids is 1. The minimum atomic E-state index is -0.560. The monoisotopic (exact) mass is 307 g/mol. The topological polar surface area (TPSA) is 77.0 Å². The Balaban J connectivity index is 2.88. The van der Waals surface area contributed by atoms with Gasteiger partial charge in [-0.2, -0.15) is 0 Å². The molecule has 112 valence electrons. The maximum Gasteiger partial charge on any atom is 0.338 e. The van der Waals surface area contributed by atoms with Crippen LogP contribution in [0.1, 0.15) is 35.8 Å². The summed E-state index contributed by atoms with van der Waals surface area (Å²) in [5.41, 5.74) is 0.850. The molecule has 0 unspecified atom stereocenters. The molecule has 2 heterocycles. The third-order valence-electron chi connectivity index (χ3n) is 3.22. The molecule has 0 radical (unpaired) electrons. The van der Waals surface area contributed by atoms with Crippen LogP contribution in [0.25, 0.3) is 11.0 Å². The number of nitrogens with one attached hydrogen (secondary N) is 1. The van der Waals surface area contributed by atoms with Crippen LogP contribution in [0, 0.1) is 11.7 Å². The second-order valence-corrected chi connectivity index (χ2v) is 5.15. The van der Waals surface area contributed by atoms with Crippen molar-refractivity contribution in [1.82, 2.24) is 14.5 Å². The van der Waals surface area contributed by atoms with Gasteiger partial charge in [-0.25, -0.2) is 9.78 Å². The number of carbonyl (C=O) groups is 1. The number of pyridine rings is 1. The van der Waals surface area contributed by atoms with E-state index in [9.17, 15) is 9.59 Å². The van der Waals surface area contributed by atoms with Crippen LogP contribution < -0.4 is 5.56 Å². The van der Waals surface area contributed by atoms with Gasteiger partial charge in [-0.15, -0.1) is 0 Å². The van der Waals surface area contributed by atoms with Gasteiger partial charge in [0.25, 0.3) is 5.56 Å². The van der Waals surface area contributed by atoms with Crippen LogP contribution in [0.3, 0.4) is 0 Å². The van der Waals surface area contributed by atoms with E-state index >= 15 is 0 Å². The molecule has 0 fully saturated rings. The molecule has 2 aromatic heterocycles. The second kappa shape index (κ2) is 6.17. The summed E-state index contributed by atoms with van der Waals surface area (Å²) < 4.78 is 6.82. The quantitative estimate of drug-likeness (QED) is 0.693. The normalized spacial score (nSPS) is 10.8. The molecule has 2 aromatic rings. The Bertz CT molecular complexity index is 807. The fourth-order valence-electron chi connectivity index (χ4n) is 2.19. The zero-order chi connectivity index (χ0) is 15.6. The SMILES string of the molecule is CCCCn1c(=S)[nH]c(=O)c2c(C(=O)OC)cc(C)nc21. The first-order valence-electron chi connectivity index (χ1n) is 6.72. The van der Waals surface area contributed by atoms with Gasteiger partial charge in [0, 0.05) is 12.2 Å². The van der Waals surface area contributed by atoms with Gasteiger partial charge in [0.15, 0.2) is 4.77 Å². The van der Waals surface area contributed by atoms with Crippen LogP contribution >= 0.6 is 12.2 Å². The number of aromatic nitrogens is 3. The van der Waals surface area contributed by atoms with Crippen molar-refractivity contribution < 1.29 is 9.53 Å². The van der Waals surface area contributed by atoms with E-state index in [1.807, 2.05) is 0 Å². The maximum absolute atomic E-state index is 12.2. The van der Waals surface area contributed by atoms with Gasteiger partial charge in [-0.1, -0.05) is 13.3 Å². The van der Waals surface area contributed by atoms with Crippen molar-refractivity contribution in [3.05, 3.63) is 32.4 Å². The van der Waals surface area contributed by atoms with Gasteiger partial charge >= 0.3 is 5.97 Å². The van der Waals surface area contributed by atoms with E-state index < -0.39 is 11.5 Å². The van der Waals surface area contributed by atoms with Gasteiger partial charge < -0.3 is 9.30 Å². The van der Waals surface area contributed by atoms with Crippen LogP contribution in [0.2, 0.25) is 0 Å². The summed E-state index contributed by atoms with van der Waals surface area (Å²) >= 11 is 5.21. The van der Waals surface area contributed by atoms with Crippen molar-refractivity contribution in [3.8, 4) is 0 Å². The number of methoxy groups -OCH3 is 1. The average molecular weight is 307 g/mol. The van der Waals surface area contributed by atoms with Crippen LogP contribution in [0.15, 0.2) is 10.9 Å². The Morgan fingerprint density at radius 1 is 1.52 bits per heavy atom. The summed E-state index contributed by atoms with van der Waals surface area (Å²) in [7, 11) is 1.28. The Morgan fingerprint density at radius 3 is 2.86 bits per heavy atom. The molecule has 0 saturated heterocycles. The molecular formula is C14H17N3O3S. The molecule has 7 heteroatoms. The van der Waals surface area contributed by atoms with Crippen LogP contribution in [-0.4, -0.2) is 27.6 Å². The summed E-state index contributed by atoms with van der Waals surface area (Å²) in [6.45, 7) is 4.47. The highest BCUT2D eigenvalue weighted by atomic mass is 32.1. The predicted molar refractivity (Wildman–Crippen MR) is 82.2 cm³/mol. The Labute approximate surface area is 126 Å². The van der Waals surface area contributed by atoms with E-state index in [0.29, 0.717) is 22.7 Å². The van der Waals surface area contributed by atoms with E-state index in [2.05, 4.69) is 16.9 Å². The smallest absolute Gasteiger partial charge is 0.338 e. The molecule has 21 heavy (non-hydrogen) atoms. The van der Waals surface area contributed by atoms with Crippen molar-refractivity contribution in [3.63, 3.8) is 0 Å². The molecule has 0 aliphatic heterocycles. The lowest BCUT2D eigenvalue weighted by atomic mass is 10.1. The fourth-order valence-corrected chi connectivity index (χ4v) is 2.46. The molecule has 0 aliphatic carbocycles. The maximum atomic E-state index is 12.2. The lowest BCUT2D eigenvalue weighted by Gasteiger charge is -2.12. The first kappa shape index (κ1) is 15.4. The third-order valence-corrected chi connectivity index (χ3v) is 3.54. The van der Waals surface area contributed by atoms with E-state index in [-0.39, 0.29) is 10.9 Å². The van der Waals surface area contributed by atoms with Crippen molar-refractivity contribution >= 4 is 29.2 Å². The zero-order valence-corrected chi connectivity index (χ0v) is 13.0. The standard InChI is InChI=1S/C14H17N3O3S/c1-4-5-6-17-11-10(12(18)16-14(17)21)9(13(19)20-3)7-8(2)15-11/h7H,4-6H2,1-3H3,(H,16,18,21). The summed E-state index contributed by atoms with van der Waals surface area (Å²) in [5, 5.41) is 0.220. The van der Waals surface area contributed by atoms with Gasteiger partial charge in [-0.3, -0.25) is 9.78 Å². The van der Waals surface area contributed by atoms with Crippen LogP contribution in [0.5, 0.6) is 0 Å². The first-order valence-corrected chi connectivity index (χ1v) is 7.13. The molecular weight excluding hydrogens is 290 g/mol. The van der Waals surface area contributed by atoms with Gasteiger partial charge in [0.05, 0.1) is 18.1 Å². The van der Waals surface area contributed by atoms with Crippen LogP contribution in [0.4, 0.5) is 0 Å². The number of nitrogens with zero attached hydrogens (tertiary/aromatic N) is 2. The molecule has 6 nitrogen and oxygen atoms in total. The molecule has 0 aliphatic rings. The van der Waals surface area contributed by atoms with Crippen molar-refractivity contribution in [2.45, 2.75) is 33.2 Å². The minimum absolute atomic E-state index is 0.210. The van der Waals surface area contributed by atoms with E-state index in [4.69, 9.17) is 17.0 Å². The largest absolute Gasteiger partial charge is 0.465 e. The number of ether oxygens (including phenoxy) is 1. The summed E-state index contributed by atoms with van der Waals surface area (Å²) in [6, 6.07) is 1.55. The number of aromatic amines is 1. The number of hydrogen-bond donors (Lipinski definition) is 1. The van der Waals surface area contributed by atoms with E-state index in [0.717, 1.165) is 12.8 Å². The average Bonchev–Trinajstić information content (AvgIpc) is 2.45. The third kappa shape index (κ3) is 2.87. The molecule has 0 spiro atoms. The molecule has 1 N–H and O–H groups in total. The predicted octanol–water partition coefficient (Wildman–Crippen LogP) is 2.35. The van der Waals surface area contributed by atoms with Crippen LogP contribution in [-0.2, 0) is 11.3 Å². The lowest BCUT2D eigenvalue weighted by Crippen LogP contribution is -2.19. The lowest BCUT2D eigenvalue weighted by molar-refractivity contribution is 0.0602. The number of esters is 1. The summed E-state index contributed by atoms with van der Waals surface area (Å²) in [5.74, 6) is -0.560. The number of hydrogen-bond acceptors (Lipinski definition) is 5. The number of unbranched alkanes of at least 4 members (excludes halogenated alkanes) is 1. The highest BCUT2D eigenvalue weighted by Crippen LogP contribution is 2.16. The van der Waals surface area contributed by atoms with Gasteiger partial charge in [-0.05, 0) is 31.6 Å². The van der Waals surface area contributed by atoms with Gasteiger partial charge in [0.1, 0.15) is 5.65 Å². The molecule has 2 rings (SSSR count). The highest BCUT2D eigenvalue weighted by molar-refractivity contribution is 7.71. The van der Waals surface area contributed by atoms with Gasteiger partial charge in [0.2, 0.25) is 0 Å². The molecule has 0 atom stereocenters. The van der Waals surface area contributed by atoms with E-state index in [1.165, 1.54) is 7.11 Å². The Morgan fingerprint density at radius 2 is 2.24 bits per heavy atom. The molecule has 0 aromatic carbocycles. The number of H-pyrrole nitrogens is 1. The van der Waals surface area contributed by atoms with Crippen molar-refractivity contribution in [2.24, 2.45) is 0 Å². The zero-order valence-electron chi connectivity index (χ0n) is 12.2. The highest BCUT2D eigenvalue weighted by Gasteiger charge is 2.18. The first-order chi connectivity index (χ1) is 9.99. The molecule has 0 amide bonds.